The molecule has 2 amide bonds. The van der Waals surface area contributed by atoms with Crippen molar-refractivity contribution >= 4 is 29.2 Å². The van der Waals surface area contributed by atoms with Crippen LogP contribution in [0.1, 0.15) is 28.8 Å². The van der Waals surface area contributed by atoms with Gasteiger partial charge in [-0.25, -0.2) is 4.79 Å². The van der Waals surface area contributed by atoms with Gasteiger partial charge in [0.15, 0.2) is 0 Å². The zero-order valence-corrected chi connectivity index (χ0v) is 22.5. The van der Waals surface area contributed by atoms with Crippen LogP contribution in [0.5, 0.6) is 0 Å². The van der Waals surface area contributed by atoms with E-state index in [1.807, 2.05) is 36.4 Å². The van der Waals surface area contributed by atoms with E-state index < -0.39 is 6.03 Å². The Labute approximate surface area is 228 Å². The van der Waals surface area contributed by atoms with E-state index in [2.05, 4.69) is 15.6 Å². The average molecular weight is 543 g/mol. The van der Waals surface area contributed by atoms with Crippen molar-refractivity contribution in [2.45, 2.75) is 38.8 Å². The number of urea groups is 1. The van der Waals surface area contributed by atoms with Crippen molar-refractivity contribution in [2.75, 3.05) is 39.4 Å². The number of hydrogen-bond donors (Lipinski definition) is 1. The summed E-state index contributed by atoms with van der Waals surface area (Å²) in [6.07, 6.45) is 3.44. The van der Waals surface area contributed by atoms with Crippen LogP contribution in [-0.4, -0.2) is 65.0 Å². The van der Waals surface area contributed by atoms with E-state index >= 15 is 0 Å². The van der Waals surface area contributed by atoms with Gasteiger partial charge in [-0.1, -0.05) is 41.4 Å². The summed E-state index contributed by atoms with van der Waals surface area (Å²) in [6.45, 7) is 6.54. The first-order valence-corrected chi connectivity index (χ1v) is 13.7. The first kappa shape index (κ1) is 26.0. The summed E-state index contributed by atoms with van der Waals surface area (Å²) in [5, 5.41) is 6.56. The molecule has 3 aromatic rings. The van der Waals surface area contributed by atoms with E-state index in [0.29, 0.717) is 13.1 Å². The third-order valence-electron chi connectivity index (χ3n) is 7.31. The fraction of sp³-hybridized carbons (Fsp3) is 0.429. The van der Waals surface area contributed by atoms with Crippen LogP contribution < -0.4 is 5.73 Å². The van der Waals surface area contributed by atoms with Gasteiger partial charge < -0.3 is 15.4 Å². The average Bonchev–Trinajstić information content (AvgIpc) is 3.27. The highest BCUT2D eigenvalue weighted by atomic mass is 35.5. The standard InChI is InChI=1S/C28H33Cl2N5O2/c29-23-7-3-20(4-8-23)2-5-21-18-22(6-9-25(21)30)27-24-19-34(28(31)36)13-10-26(24)35(32-27)12-1-11-33-14-16-37-17-15-33/h3-4,6-9,18H,1-2,5,10-17,19H2,(H2,31,36). The largest absolute Gasteiger partial charge is 0.379 e. The van der Waals surface area contributed by atoms with Crippen LogP contribution in [0.25, 0.3) is 11.3 Å². The van der Waals surface area contributed by atoms with E-state index in [1.165, 1.54) is 11.3 Å². The van der Waals surface area contributed by atoms with Crippen molar-refractivity contribution in [3.63, 3.8) is 0 Å². The van der Waals surface area contributed by atoms with Gasteiger partial charge in [0, 0.05) is 66.0 Å². The molecule has 0 bridgehead atoms. The number of benzene rings is 2. The van der Waals surface area contributed by atoms with Gasteiger partial charge in [-0.15, -0.1) is 0 Å². The number of primary amides is 1. The van der Waals surface area contributed by atoms with E-state index in [0.717, 1.165) is 97.5 Å². The maximum Gasteiger partial charge on any atom is 0.315 e. The Balaban J connectivity index is 1.38. The lowest BCUT2D eigenvalue weighted by Gasteiger charge is -2.27. The number of hydrogen-bond acceptors (Lipinski definition) is 4. The molecule has 1 aromatic heterocycles. The number of rotatable bonds is 8. The molecule has 7 nitrogen and oxygen atoms in total. The first-order valence-electron chi connectivity index (χ1n) is 12.9. The van der Waals surface area contributed by atoms with Crippen molar-refractivity contribution in [1.29, 1.82) is 0 Å². The van der Waals surface area contributed by atoms with Crippen molar-refractivity contribution in [1.82, 2.24) is 19.6 Å². The van der Waals surface area contributed by atoms with Crippen molar-refractivity contribution in [2.24, 2.45) is 5.73 Å². The maximum absolute atomic E-state index is 12.0. The number of amides is 2. The highest BCUT2D eigenvalue weighted by molar-refractivity contribution is 6.31. The van der Waals surface area contributed by atoms with E-state index in [-0.39, 0.29) is 0 Å². The van der Waals surface area contributed by atoms with Crippen LogP contribution in [-0.2, 0) is 37.1 Å². The Bertz CT molecular complexity index is 1240. The Morgan fingerprint density at radius 3 is 2.54 bits per heavy atom. The minimum Gasteiger partial charge on any atom is -0.379 e. The molecule has 0 saturated carbocycles. The van der Waals surface area contributed by atoms with Crippen LogP contribution in [0.2, 0.25) is 10.0 Å². The van der Waals surface area contributed by atoms with Gasteiger partial charge in [0.25, 0.3) is 0 Å². The maximum atomic E-state index is 12.0. The fourth-order valence-electron chi connectivity index (χ4n) is 5.21. The third-order valence-corrected chi connectivity index (χ3v) is 7.93. The Morgan fingerprint density at radius 1 is 1.00 bits per heavy atom. The molecule has 2 N–H and O–H groups in total. The smallest absolute Gasteiger partial charge is 0.315 e. The predicted molar refractivity (Wildman–Crippen MR) is 147 cm³/mol. The summed E-state index contributed by atoms with van der Waals surface area (Å²) in [4.78, 5) is 16.1. The van der Waals surface area contributed by atoms with Crippen LogP contribution in [0.4, 0.5) is 4.79 Å². The number of fused-ring (bicyclic) bond motifs is 1. The summed E-state index contributed by atoms with van der Waals surface area (Å²) in [7, 11) is 0. The molecule has 0 aliphatic carbocycles. The van der Waals surface area contributed by atoms with Crippen LogP contribution in [0.15, 0.2) is 42.5 Å². The molecule has 3 heterocycles. The van der Waals surface area contributed by atoms with E-state index in [1.54, 1.807) is 4.90 Å². The van der Waals surface area contributed by atoms with E-state index in [9.17, 15) is 4.79 Å². The topological polar surface area (TPSA) is 76.6 Å². The van der Waals surface area contributed by atoms with Gasteiger partial charge in [-0.2, -0.15) is 5.10 Å². The Hall–Kier alpha value is -2.58. The number of aryl methyl sites for hydroxylation is 3. The molecular weight excluding hydrogens is 509 g/mol. The molecule has 2 aliphatic rings. The molecule has 1 saturated heterocycles. The van der Waals surface area contributed by atoms with Crippen molar-refractivity contribution in [3.05, 3.63) is 74.9 Å². The number of nitrogens with zero attached hydrogens (tertiary/aromatic N) is 4. The lowest BCUT2D eigenvalue weighted by molar-refractivity contribution is 0.0368. The summed E-state index contributed by atoms with van der Waals surface area (Å²) in [5.74, 6) is 0. The summed E-state index contributed by atoms with van der Waals surface area (Å²) >= 11 is 12.6. The second-order valence-electron chi connectivity index (χ2n) is 9.75. The number of aromatic nitrogens is 2. The molecule has 0 unspecified atom stereocenters. The second kappa shape index (κ2) is 11.9. The summed E-state index contributed by atoms with van der Waals surface area (Å²) in [6, 6.07) is 13.7. The molecule has 37 heavy (non-hydrogen) atoms. The molecule has 196 valence electrons. The molecule has 5 rings (SSSR count). The molecule has 2 aromatic carbocycles. The number of nitrogens with two attached hydrogens (primary N) is 1. The molecule has 0 spiro atoms. The molecule has 9 heteroatoms. The molecule has 0 radical (unpaired) electrons. The SMILES string of the molecule is NC(=O)N1CCc2c(c(-c3ccc(Cl)c(CCc4ccc(Cl)cc4)c3)nn2CCCN2CCOCC2)C1. The van der Waals surface area contributed by atoms with Crippen LogP contribution in [0, 0.1) is 0 Å². The van der Waals surface area contributed by atoms with Gasteiger partial charge in [0.1, 0.15) is 0 Å². The highest BCUT2D eigenvalue weighted by Crippen LogP contribution is 2.33. The number of ether oxygens (including phenoxy) is 1. The Morgan fingerprint density at radius 2 is 1.78 bits per heavy atom. The lowest BCUT2D eigenvalue weighted by Crippen LogP contribution is -2.40. The number of halogens is 2. The molecule has 2 aliphatic heterocycles. The normalized spacial score (nSPS) is 16.1. The fourth-order valence-corrected chi connectivity index (χ4v) is 5.55. The zero-order valence-electron chi connectivity index (χ0n) is 21.0. The third kappa shape index (κ3) is 6.29. The van der Waals surface area contributed by atoms with E-state index in [4.69, 9.17) is 38.8 Å². The second-order valence-corrected chi connectivity index (χ2v) is 10.6. The minimum absolute atomic E-state index is 0.392. The Kier molecular flexibility index (Phi) is 8.35. The molecule has 0 atom stereocenters. The molecular formula is C28H33Cl2N5O2. The van der Waals surface area contributed by atoms with Gasteiger partial charge in [-0.3, -0.25) is 9.58 Å². The highest BCUT2D eigenvalue weighted by Gasteiger charge is 2.27. The molecule has 1 fully saturated rings. The predicted octanol–water partition coefficient (Wildman–Crippen LogP) is 4.80. The number of morpholine rings is 1. The number of carbonyl (C=O) groups excluding carboxylic acids is 1. The van der Waals surface area contributed by atoms with Gasteiger partial charge in [-0.05, 0) is 54.7 Å². The number of carbonyl (C=O) groups is 1. The lowest BCUT2D eigenvalue weighted by atomic mass is 9.97. The zero-order chi connectivity index (χ0) is 25.8. The van der Waals surface area contributed by atoms with Crippen LogP contribution in [0.3, 0.4) is 0 Å². The first-order chi connectivity index (χ1) is 18.0. The monoisotopic (exact) mass is 541 g/mol. The quantitative estimate of drug-likeness (QED) is 0.444. The van der Waals surface area contributed by atoms with Crippen molar-refractivity contribution in [3.8, 4) is 11.3 Å². The summed E-state index contributed by atoms with van der Waals surface area (Å²) < 4.78 is 7.61. The van der Waals surface area contributed by atoms with Gasteiger partial charge >= 0.3 is 6.03 Å². The minimum atomic E-state index is -0.392. The summed E-state index contributed by atoms with van der Waals surface area (Å²) in [5.41, 5.74) is 12.2. The van der Waals surface area contributed by atoms with Gasteiger partial charge in [0.05, 0.1) is 25.5 Å². The van der Waals surface area contributed by atoms with Crippen LogP contribution >= 0.6 is 23.2 Å². The van der Waals surface area contributed by atoms with Gasteiger partial charge in [0.2, 0.25) is 0 Å². The van der Waals surface area contributed by atoms with Crippen molar-refractivity contribution < 1.29 is 9.53 Å².